The molecular formula is C21H19ClN2O3S. The monoisotopic (exact) mass is 414 g/mol. The second-order valence-electron chi connectivity index (χ2n) is 6.10. The van der Waals surface area contributed by atoms with Crippen LogP contribution in [0.5, 0.6) is 5.75 Å². The molecule has 0 fully saturated rings. The standard InChI is InChI=1S/C21H19ClN2O3S/c1-24(13-16-11-12-19(22)28-16)21(26)17-5-3-4-6-18(17)23-20(25)14-7-9-15(27-2)10-8-14/h3-12H,13H2,1-2H3,(H,23,25). The molecule has 0 aliphatic carbocycles. The van der Waals surface area contributed by atoms with Crippen LogP contribution in [0, 0.1) is 0 Å². The average Bonchev–Trinajstić information content (AvgIpc) is 3.12. The van der Waals surface area contributed by atoms with Gasteiger partial charge in [-0.25, -0.2) is 0 Å². The average molecular weight is 415 g/mol. The predicted molar refractivity (Wildman–Crippen MR) is 113 cm³/mol. The minimum absolute atomic E-state index is 0.185. The Morgan fingerprint density at radius 1 is 1.07 bits per heavy atom. The largest absolute Gasteiger partial charge is 0.497 e. The number of carbonyl (C=O) groups excluding carboxylic acids is 2. The predicted octanol–water partition coefficient (Wildman–Crippen LogP) is 4.93. The summed E-state index contributed by atoms with van der Waals surface area (Å²) in [5.74, 6) is 0.188. The van der Waals surface area contributed by atoms with Crippen LogP contribution in [0.2, 0.25) is 4.34 Å². The van der Waals surface area contributed by atoms with Crippen molar-refractivity contribution in [2.24, 2.45) is 0 Å². The first-order chi connectivity index (χ1) is 13.5. The SMILES string of the molecule is COc1ccc(C(=O)Nc2ccccc2C(=O)N(C)Cc2ccc(Cl)s2)cc1. The highest BCUT2D eigenvalue weighted by molar-refractivity contribution is 7.16. The van der Waals surface area contributed by atoms with E-state index in [1.54, 1.807) is 67.6 Å². The van der Waals surface area contributed by atoms with Gasteiger partial charge in [-0.3, -0.25) is 9.59 Å². The second kappa shape index (κ2) is 8.91. The van der Waals surface area contributed by atoms with E-state index in [-0.39, 0.29) is 11.8 Å². The first-order valence-corrected chi connectivity index (χ1v) is 9.71. The fourth-order valence-electron chi connectivity index (χ4n) is 2.66. The molecule has 7 heteroatoms. The van der Waals surface area contributed by atoms with Crippen LogP contribution in [0.25, 0.3) is 0 Å². The zero-order valence-corrected chi connectivity index (χ0v) is 17.0. The number of hydrogen-bond donors (Lipinski definition) is 1. The molecule has 0 aliphatic heterocycles. The van der Waals surface area contributed by atoms with Gasteiger partial charge >= 0.3 is 0 Å². The molecule has 28 heavy (non-hydrogen) atoms. The molecule has 0 aliphatic rings. The van der Waals surface area contributed by atoms with Crippen molar-refractivity contribution in [2.45, 2.75) is 6.54 Å². The molecule has 144 valence electrons. The molecule has 0 saturated heterocycles. The third-order valence-corrected chi connectivity index (χ3v) is 5.34. The number of anilines is 1. The maximum absolute atomic E-state index is 12.9. The first-order valence-electron chi connectivity index (χ1n) is 8.52. The number of hydrogen-bond acceptors (Lipinski definition) is 4. The third-order valence-electron chi connectivity index (χ3n) is 4.13. The quantitative estimate of drug-likeness (QED) is 0.621. The van der Waals surface area contributed by atoms with Gasteiger partial charge in [0.25, 0.3) is 11.8 Å². The second-order valence-corrected chi connectivity index (χ2v) is 7.89. The van der Waals surface area contributed by atoms with Gasteiger partial charge in [0.1, 0.15) is 5.75 Å². The number of thiophene rings is 1. The van der Waals surface area contributed by atoms with Crippen LogP contribution in [0.15, 0.2) is 60.7 Å². The van der Waals surface area contributed by atoms with E-state index in [2.05, 4.69) is 5.32 Å². The number of benzene rings is 2. The van der Waals surface area contributed by atoms with Crippen LogP contribution in [0.3, 0.4) is 0 Å². The Labute approximate surface area is 172 Å². The summed E-state index contributed by atoms with van der Waals surface area (Å²) in [7, 11) is 3.29. The van der Waals surface area contributed by atoms with Crippen LogP contribution in [0.1, 0.15) is 25.6 Å². The third kappa shape index (κ3) is 4.71. The molecule has 1 heterocycles. The Bertz CT molecular complexity index is 985. The number of ether oxygens (including phenoxy) is 1. The zero-order chi connectivity index (χ0) is 20.1. The van der Waals surface area contributed by atoms with Gasteiger partial charge in [-0.05, 0) is 48.5 Å². The number of methoxy groups -OCH3 is 1. The molecular weight excluding hydrogens is 396 g/mol. The summed E-state index contributed by atoms with van der Waals surface area (Å²) < 4.78 is 5.79. The normalized spacial score (nSPS) is 10.4. The molecule has 3 aromatic rings. The molecule has 0 saturated carbocycles. The molecule has 0 radical (unpaired) electrons. The molecule has 0 atom stereocenters. The van der Waals surface area contributed by atoms with E-state index in [4.69, 9.17) is 16.3 Å². The fourth-order valence-corrected chi connectivity index (χ4v) is 3.80. The van der Waals surface area contributed by atoms with Gasteiger partial charge in [-0.15, -0.1) is 11.3 Å². The molecule has 0 spiro atoms. The van der Waals surface area contributed by atoms with E-state index in [0.717, 1.165) is 4.88 Å². The van der Waals surface area contributed by atoms with Gasteiger partial charge in [-0.1, -0.05) is 23.7 Å². The van der Waals surface area contributed by atoms with Gasteiger partial charge < -0.3 is 15.0 Å². The molecule has 0 bridgehead atoms. The lowest BCUT2D eigenvalue weighted by Gasteiger charge is -2.18. The number of nitrogens with zero attached hydrogens (tertiary/aromatic N) is 1. The molecule has 2 aromatic carbocycles. The summed E-state index contributed by atoms with van der Waals surface area (Å²) in [6.07, 6.45) is 0. The minimum atomic E-state index is -0.296. The highest BCUT2D eigenvalue weighted by Gasteiger charge is 2.18. The highest BCUT2D eigenvalue weighted by atomic mass is 35.5. The van der Waals surface area contributed by atoms with Crippen molar-refractivity contribution in [1.29, 1.82) is 0 Å². The Hall–Kier alpha value is -2.83. The lowest BCUT2D eigenvalue weighted by atomic mass is 10.1. The zero-order valence-electron chi connectivity index (χ0n) is 15.4. The molecule has 0 unspecified atom stereocenters. The lowest BCUT2D eigenvalue weighted by molar-refractivity contribution is 0.0787. The first kappa shape index (κ1) is 19.9. The summed E-state index contributed by atoms with van der Waals surface area (Å²) in [6, 6.07) is 17.4. The van der Waals surface area contributed by atoms with E-state index in [1.165, 1.54) is 11.3 Å². The van der Waals surface area contributed by atoms with Gasteiger partial charge in [0, 0.05) is 17.5 Å². The smallest absolute Gasteiger partial charge is 0.256 e. The van der Waals surface area contributed by atoms with Crippen LogP contribution in [-0.4, -0.2) is 30.9 Å². The van der Waals surface area contributed by atoms with Crippen molar-refractivity contribution in [3.05, 3.63) is 81.0 Å². The number of carbonyl (C=O) groups is 2. The Balaban J connectivity index is 1.76. The molecule has 5 nitrogen and oxygen atoms in total. The molecule has 1 N–H and O–H groups in total. The highest BCUT2D eigenvalue weighted by Crippen LogP contribution is 2.24. The van der Waals surface area contributed by atoms with Gasteiger partial charge in [-0.2, -0.15) is 0 Å². The van der Waals surface area contributed by atoms with E-state index < -0.39 is 0 Å². The maximum atomic E-state index is 12.9. The summed E-state index contributed by atoms with van der Waals surface area (Å²) in [4.78, 5) is 28.1. The van der Waals surface area contributed by atoms with Crippen molar-refractivity contribution in [3.8, 4) is 5.75 Å². The van der Waals surface area contributed by atoms with Crippen LogP contribution in [0.4, 0.5) is 5.69 Å². The van der Waals surface area contributed by atoms with E-state index in [0.29, 0.717) is 33.4 Å². The molecule has 1 aromatic heterocycles. The Kier molecular flexibility index (Phi) is 6.34. The van der Waals surface area contributed by atoms with Crippen molar-refractivity contribution in [1.82, 2.24) is 4.90 Å². The summed E-state index contributed by atoms with van der Waals surface area (Å²) in [5.41, 5.74) is 1.36. The van der Waals surface area contributed by atoms with E-state index >= 15 is 0 Å². The Morgan fingerprint density at radius 2 is 1.79 bits per heavy atom. The minimum Gasteiger partial charge on any atom is -0.497 e. The van der Waals surface area contributed by atoms with Crippen molar-refractivity contribution >= 4 is 40.4 Å². The Morgan fingerprint density at radius 3 is 2.43 bits per heavy atom. The number of rotatable bonds is 6. The van der Waals surface area contributed by atoms with Crippen LogP contribution >= 0.6 is 22.9 Å². The number of nitrogens with one attached hydrogen (secondary N) is 1. The topological polar surface area (TPSA) is 58.6 Å². The molecule has 2 amide bonds. The van der Waals surface area contributed by atoms with E-state index in [1.807, 2.05) is 12.1 Å². The van der Waals surface area contributed by atoms with Gasteiger partial charge in [0.15, 0.2) is 0 Å². The maximum Gasteiger partial charge on any atom is 0.256 e. The summed E-state index contributed by atoms with van der Waals surface area (Å²) >= 11 is 7.40. The summed E-state index contributed by atoms with van der Waals surface area (Å²) in [6.45, 7) is 0.441. The lowest BCUT2D eigenvalue weighted by Crippen LogP contribution is -2.27. The molecule has 3 rings (SSSR count). The van der Waals surface area contributed by atoms with E-state index in [9.17, 15) is 9.59 Å². The summed E-state index contributed by atoms with van der Waals surface area (Å²) in [5, 5.41) is 2.82. The van der Waals surface area contributed by atoms with Crippen LogP contribution < -0.4 is 10.1 Å². The fraction of sp³-hybridized carbons (Fsp3) is 0.143. The van der Waals surface area contributed by atoms with Gasteiger partial charge in [0.2, 0.25) is 0 Å². The van der Waals surface area contributed by atoms with Crippen molar-refractivity contribution < 1.29 is 14.3 Å². The number of para-hydroxylation sites is 1. The van der Waals surface area contributed by atoms with Crippen LogP contribution in [-0.2, 0) is 6.54 Å². The van der Waals surface area contributed by atoms with Crippen molar-refractivity contribution in [3.63, 3.8) is 0 Å². The van der Waals surface area contributed by atoms with Crippen molar-refractivity contribution in [2.75, 3.05) is 19.5 Å². The van der Waals surface area contributed by atoms with Gasteiger partial charge in [0.05, 0.1) is 29.2 Å². The number of amides is 2. The number of halogens is 1.